The summed E-state index contributed by atoms with van der Waals surface area (Å²) in [5, 5.41) is 0. The lowest BCUT2D eigenvalue weighted by Crippen LogP contribution is -2.53. The second-order valence-electron chi connectivity index (χ2n) is 5.61. The van der Waals surface area contributed by atoms with Crippen molar-refractivity contribution in [1.29, 1.82) is 0 Å². The average molecular weight is 262 g/mol. The standard InChI is InChI=1S/C16H26N2O/c1-18(12-13-19-2)16(10-6-7-11-16)15(17)14-8-4-3-5-9-14/h3-5,8-9,15H,6-7,10-13,17H2,1-2H3. The van der Waals surface area contributed by atoms with E-state index < -0.39 is 0 Å². The first-order valence-corrected chi connectivity index (χ1v) is 7.21. The molecule has 1 fully saturated rings. The molecule has 19 heavy (non-hydrogen) atoms. The number of ether oxygens (including phenoxy) is 1. The molecular weight excluding hydrogens is 236 g/mol. The lowest BCUT2D eigenvalue weighted by Gasteiger charge is -2.43. The molecule has 1 saturated carbocycles. The van der Waals surface area contributed by atoms with Gasteiger partial charge in [0.15, 0.2) is 0 Å². The van der Waals surface area contributed by atoms with E-state index in [2.05, 4.69) is 36.2 Å². The molecule has 2 rings (SSSR count). The lowest BCUT2D eigenvalue weighted by atomic mass is 9.83. The van der Waals surface area contributed by atoms with E-state index in [1.165, 1.54) is 31.2 Å². The summed E-state index contributed by atoms with van der Waals surface area (Å²) in [4.78, 5) is 2.42. The Bertz CT molecular complexity index is 374. The Balaban J connectivity index is 2.19. The van der Waals surface area contributed by atoms with E-state index in [1.54, 1.807) is 7.11 Å². The maximum absolute atomic E-state index is 6.63. The molecule has 0 saturated heterocycles. The van der Waals surface area contributed by atoms with Gasteiger partial charge in [-0.05, 0) is 25.5 Å². The average Bonchev–Trinajstić information content (AvgIpc) is 2.95. The maximum atomic E-state index is 6.63. The minimum Gasteiger partial charge on any atom is -0.383 e. The molecule has 1 aliphatic rings. The van der Waals surface area contributed by atoms with Crippen molar-refractivity contribution in [2.45, 2.75) is 37.3 Å². The first-order valence-electron chi connectivity index (χ1n) is 7.21. The van der Waals surface area contributed by atoms with Crippen molar-refractivity contribution in [1.82, 2.24) is 4.90 Å². The zero-order valence-electron chi connectivity index (χ0n) is 12.1. The molecule has 0 spiro atoms. The minimum atomic E-state index is 0.0815. The molecule has 0 aromatic heterocycles. The molecule has 1 aliphatic carbocycles. The first-order chi connectivity index (χ1) is 9.20. The fourth-order valence-corrected chi connectivity index (χ4v) is 3.34. The van der Waals surface area contributed by atoms with Crippen LogP contribution in [0, 0.1) is 0 Å². The number of nitrogens with two attached hydrogens (primary N) is 1. The van der Waals surface area contributed by atoms with Gasteiger partial charge in [0.2, 0.25) is 0 Å². The molecule has 2 N–H and O–H groups in total. The molecule has 0 bridgehead atoms. The quantitative estimate of drug-likeness (QED) is 0.856. The molecule has 106 valence electrons. The highest BCUT2D eigenvalue weighted by Crippen LogP contribution is 2.42. The van der Waals surface area contributed by atoms with E-state index in [4.69, 9.17) is 10.5 Å². The third-order valence-electron chi connectivity index (χ3n) is 4.60. The Morgan fingerprint density at radius 3 is 2.47 bits per heavy atom. The minimum absolute atomic E-state index is 0.0815. The van der Waals surface area contributed by atoms with Crippen molar-refractivity contribution in [3.05, 3.63) is 35.9 Å². The van der Waals surface area contributed by atoms with Crippen LogP contribution >= 0.6 is 0 Å². The summed E-state index contributed by atoms with van der Waals surface area (Å²) in [6.45, 7) is 1.71. The summed E-state index contributed by atoms with van der Waals surface area (Å²) in [6.07, 6.45) is 4.92. The van der Waals surface area contributed by atoms with Crippen LogP contribution in [-0.4, -0.2) is 37.7 Å². The number of likely N-dealkylation sites (N-methyl/N-ethyl adjacent to an activating group) is 1. The fourth-order valence-electron chi connectivity index (χ4n) is 3.34. The van der Waals surface area contributed by atoms with Gasteiger partial charge in [-0.25, -0.2) is 0 Å². The summed E-state index contributed by atoms with van der Waals surface area (Å²) in [6, 6.07) is 10.6. The highest BCUT2D eigenvalue weighted by Gasteiger charge is 2.43. The van der Waals surface area contributed by atoms with Gasteiger partial charge in [0.1, 0.15) is 0 Å². The van der Waals surface area contributed by atoms with E-state index in [9.17, 15) is 0 Å². The van der Waals surface area contributed by atoms with E-state index in [0.717, 1.165) is 13.2 Å². The van der Waals surface area contributed by atoms with Crippen LogP contribution in [0.3, 0.4) is 0 Å². The molecule has 0 heterocycles. The molecule has 0 amide bonds. The Hall–Kier alpha value is -0.900. The van der Waals surface area contributed by atoms with E-state index in [1.807, 2.05) is 6.07 Å². The molecule has 0 radical (unpaired) electrons. The van der Waals surface area contributed by atoms with E-state index in [-0.39, 0.29) is 11.6 Å². The maximum Gasteiger partial charge on any atom is 0.0589 e. The van der Waals surface area contributed by atoms with Gasteiger partial charge in [0.25, 0.3) is 0 Å². The summed E-state index contributed by atoms with van der Waals surface area (Å²) < 4.78 is 5.22. The summed E-state index contributed by atoms with van der Waals surface area (Å²) in [5.74, 6) is 0. The van der Waals surface area contributed by atoms with Gasteiger partial charge in [-0.2, -0.15) is 0 Å². The van der Waals surface area contributed by atoms with Gasteiger partial charge in [0.05, 0.1) is 6.61 Å². The summed E-state index contributed by atoms with van der Waals surface area (Å²) in [7, 11) is 3.94. The van der Waals surface area contributed by atoms with Crippen LogP contribution in [0.5, 0.6) is 0 Å². The Morgan fingerprint density at radius 1 is 1.26 bits per heavy atom. The van der Waals surface area contributed by atoms with Crippen LogP contribution in [0.4, 0.5) is 0 Å². The van der Waals surface area contributed by atoms with E-state index >= 15 is 0 Å². The lowest BCUT2D eigenvalue weighted by molar-refractivity contribution is 0.0624. The van der Waals surface area contributed by atoms with Gasteiger partial charge < -0.3 is 10.5 Å². The third kappa shape index (κ3) is 2.99. The molecule has 1 aromatic rings. The van der Waals surface area contributed by atoms with Gasteiger partial charge in [-0.3, -0.25) is 4.90 Å². The zero-order chi connectivity index (χ0) is 13.7. The van der Waals surface area contributed by atoms with Crippen LogP contribution in [-0.2, 0) is 4.74 Å². The Kier molecular flexibility index (Phi) is 4.97. The van der Waals surface area contributed by atoms with Gasteiger partial charge in [0, 0.05) is 25.2 Å². The predicted molar refractivity (Wildman–Crippen MR) is 79.1 cm³/mol. The van der Waals surface area contributed by atoms with Crippen molar-refractivity contribution in [3.8, 4) is 0 Å². The molecule has 0 aliphatic heterocycles. The number of benzene rings is 1. The largest absolute Gasteiger partial charge is 0.383 e. The van der Waals surface area contributed by atoms with E-state index in [0.29, 0.717) is 0 Å². The SMILES string of the molecule is COCCN(C)C1(C(N)c2ccccc2)CCCC1. The second-order valence-corrected chi connectivity index (χ2v) is 5.61. The molecular formula is C16H26N2O. The number of rotatable bonds is 6. The van der Waals surface area contributed by atoms with Crippen molar-refractivity contribution in [2.24, 2.45) is 5.73 Å². The Morgan fingerprint density at radius 2 is 1.89 bits per heavy atom. The van der Waals surface area contributed by atoms with Crippen molar-refractivity contribution in [3.63, 3.8) is 0 Å². The highest BCUT2D eigenvalue weighted by molar-refractivity contribution is 5.23. The van der Waals surface area contributed by atoms with Crippen LogP contribution in [0.25, 0.3) is 0 Å². The number of hydrogen-bond acceptors (Lipinski definition) is 3. The third-order valence-corrected chi connectivity index (χ3v) is 4.60. The second kappa shape index (κ2) is 6.51. The van der Waals surface area contributed by atoms with Crippen LogP contribution in [0.15, 0.2) is 30.3 Å². The van der Waals surface area contributed by atoms with Crippen molar-refractivity contribution < 1.29 is 4.74 Å². The molecule has 1 atom stereocenters. The molecule has 1 aromatic carbocycles. The fraction of sp³-hybridized carbons (Fsp3) is 0.625. The van der Waals surface area contributed by atoms with Gasteiger partial charge in [-0.15, -0.1) is 0 Å². The van der Waals surface area contributed by atoms with Crippen LogP contribution in [0.1, 0.15) is 37.3 Å². The highest BCUT2D eigenvalue weighted by atomic mass is 16.5. The molecule has 3 heteroatoms. The molecule has 1 unspecified atom stereocenters. The summed E-state index contributed by atoms with van der Waals surface area (Å²) >= 11 is 0. The topological polar surface area (TPSA) is 38.5 Å². The predicted octanol–water partition coefficient (Wildman–Crippen LogP) is 2.58. The van der Waals surface area contributed by atoms with Crippen LogP contribution in [0.2, 0.25) is 0 Å². The monoisotopic (exact) mass is 262 g/mol. The van der Waals surface area contributed by atoms with Crippen LogP contribution < -0.4 is 5.73 Å². The molecule has 3 nitrogen and oxygen atoms in total. The Labute approximate surface area is 116 Å². The summed E-state index contributed by atoms with van der Waals surface area (Å²) in [5.41, 5.74) is 7.97. The van der Waals surface area contributed by atoms with Gasteiger partial charge >= 0.3 is 0 Å². The number of hydrogen-bond donors (Lipinski definition) is 1. The zero-order valence-corrected chi connectivity index (χ0v) is 12.1. The van der Waals surface area contributed by atoms with Crippen molar-refractivity contribution >= 4 is 0 Å². The van der Waals surface area contributed by atoms with Crippen molar-refractivity contribution in [2.75, 3.05) is 27.3 Å². The first kappa shape index (κ1) is 14.5. The normalized spacial score (nSPS) is 19.8. The number of methoxy groups -OCH3 is 1. The number of nitrogens with zero attached hydrogens (tertiary/aromatic N) is 1. The van der Waals surface area contributed by atoms with Gasteiger partial charge in [-0.1, -0.05) is 43.2 Å². The smallest absolute Gasteiger partial charge is 0.0589 e.